The highest BCUT2D eigenvalue weighted by Crippen LogP contribution is 2.27. The fourth-order valence-corrected chi connectivity index (χ4v) is 2.78. The van der Waals surface area contributed by atoms with Gasteiger partial charge >= 0.3 is 0 Å². The Balaban J connectivity index is 1.58. The molecule has 3 aromatic rings. The summed E-state index contributed by atoms with van der Waals surface area (Å²) in [5, 5.41) is 5.75. The quantitative estimate of drug-likeness (QED) is 0.596. The van der Waals surface area contributed by atoms with Gasteiger partial charge < -0.3 is 20.1 Å². The minimum Gasteiger partial charge on any atom is -0.493 e. The standard InChI is InChI=1S/C22H19ClN2O4/c1-28-19-9-5-6-10-20(19)29-14-21(26)24-16-11-12-18(17(23)13-16)25-22(27)15-7-3-2-4-8-15/h2-13H,14H2,1H3,(H,24,26)(H,25,27). The summed E-state index contributed by atoms with van der Waals surface area (Å²) < 4.78 is 10.7. The zero-order valence-electron chi connectivity index (χ0n) is 15.6. The van der Waals surface area contributed by atoms with E-state index in [0.717, 1.165) is 0 Å². The highest BCUT2D eigenvalue weighted by molar-refractivity contribution is 6.34. The van der Waals surface area contributed by atoms with Crippen molar-refractivity contribution in [2.45, 2.75) is 0 Å². The number of halogens is 1. The number of nitrogens with one attached hydrogen (secondary N) is 2. The van der Waals surface area contributed by atoms with Gasteiger partial charge in [0.1, 0.15) is 0 Å². The first-order valence-corrected chi connectivity index (χ1v) is 9.16. The molecule has 6 nitrogen and oxygen atoms in total. The summed E-state index contributed by atoms with van der Waals surface area (Å²) in [5.41, 5.74) is 1.46. The van der Waals surface area contributed by atoms with Gasteiger partial charge in [-0.3, -0.25) is 9.59 Å². The van der Waals surface area contributed by atoms with Crippen LogP contribution in [0.4, 0.5) is 11.4 Å². The maximum atomic E-state index is 12.2. The van der Waals surface area contributed by atoms with Crippen LogP contribution in [-0.2, 0) is 4.79 Å². The number of hydrogen-bond acceptors (Lipinski definition) is 4. The molecule has 0 atom stereocenters. The van der Waals surface area contributed by atoms with Crippen molar-refractivity contribution < 1.29 is 19.1 Å². The molecule has 2 N–H and O–H groups in total. The average molecular weight is 411 g/mol. The molecule has 0 radical (unpaired) electrons. The Morgan fingerprint density at radius 1 is 0.897 bits per heavy atom. The summed E-state index contributed by atoms with van der Waals surface area (Å²) >= 11 is 6.24. The van der Waals surface area contributed by atoms with E-state index in [0.29, 0.717) is 33.5 Å². The normalized spacial score (nSPS) is 10.1. The molecule has 0 aliphatic rings. The number of carbonyl (C=O) groups excluding carboxylic acids is 2. The summed E-state index contributed by atoms with van der Waals surface area (Å²) in [5.74, 6) is 0.395. The van der Waals surface area contributed by atoms with Gasteiger partial charge in [-0.15, -0.1) is 0 Å². The Morgan fingerprint density at radius 3 is 2.28 bits per heavy atom. The number of methoxy groups -OCH3 is 1. The summed E-state index contributed by atoms with van der Waals surface area (Å²) in [6.45, 7) is -0.190. The fraction of sp³-hybridized carbons (Fsp3) is 0.0909. The smallest absolute Gasteiger partial charge is 0.262 e. The minimum atomic E-state index is -0.354. The molecule has 0 bridgehead atoms. The number of ether oxygens (including phenoxy) is 2. The topological polar surface area (TPSA) is 76.7 Å². The molecular weight excluding hydrogens is 392 g/mol. The van der Waals surface area contributed by atoms with Crippen molar-refractivity contribution in [1.82, 2.24) is 0 Å². The number of carbonyl (C=O) groups is 2. The maximum absolute atomic E-state index is 12.2. The zero-order valence-corrected chi connectivity index (χ0v) is 16.4. The van der Waals surface area contributed by atoms with Crippen LogP contribution >= 0.6 is 11.6 Å². The molecule has 0 aromatic heterocycles. The van der Waals surface area contributed by atoms with Crippen molar-refractivity contribution >= 4 is 34.8 Å². The molecule has 7 heteroatoms. The predicted octanol–water partition coefficient (Wildman–Crippen LogP) is 4.62. The molecule has 3 rings (SSSR count). The number of anilines is 2. The van der Waals surface area contributed by atoms with Gasteiger partial charge in [-0.2, -0.15) is 0 Å². The van der Waals surface area contributed by atoms with Crippen LogP contribution in [0.2, 0.25) is 5.02 Å². The lowest BCUT2D eigenvalue weighted by molar-refractivity contribution is -0.118. The van der Waals surface area contributed by atoms with Gasteiger partial charge in [0.2, 0.25) is 0 Å². The molecule has 0 aliphatic carbocycles. The Hall–Kier alpha value is -3.51. The molecule has 0 saturated carbocycles. The van der Waals surface area contributed by atoms with E-state index in [1.807, 2.05) is 12.1 Å². The van der Waals surface area contributed by atoms with Crippen LogP contribution in [0.15, 0.2) is 72.8 Å². The average Bonchev–Trinajstić information content (AvgIpc) is 2.75. The molecular formula is C22H19ClN2O4. The van der Waals surface area contributed by atoms with E-state index in [1.165, 1.54) is 7.11 Å². The second kappa shape index (κ2) is 9.61. The summed E-state index contributed by atoms with van der Waals surface area (Å²) in [7, 11) is 1.53. The van der Waals surface area contributed by atoms with Crippen molar-refractivity contribution in [3.63, 3.8) is 0 Å². The highest BCUT2D eigenvalue weighted by atomic mass is 35.5. The first-order chi connectivity index (χ1) is 14.1. The van der Waals surface area contributed by atoms with Gasteiger partial charge in [0, 0.05) is 11.3 Å². The molecule has 29 heavy (non-hydrogen) atoms. The molecule has 0 heterocycles. The summed E-state index contributed by atoms with van der Waals surface area (Å²) in [6, 6.07) is 20.7. The first kappa shape index (κ1) is 20.2. The molecule has 2 amide bonds. The first-order valence-electron chi connectivity index (χ1n) is 8.78. The van der Waals surface area contributed by atoms with Crippen molar-refractivity contribution in [2.75, 3.05) is 24.4 Å². The SMILES string of the molecule is COc1ccccc1OCC(=O)Nc1ccc(NC(=O)c2ccccc2)c(Cl)c1. The third-order valence-electron chi connectivity index (χ3n) is 3.96. The van der Waals surface area contributed by atoms with E-state index in [-0.39, 0.29) is 18.4 Å². The van der Waals surface area contributed by atoms with Crippen LogP contribution in [0.1, 0.15) is 10.4 Å². The molecule has 0 aliphatic heterocycles. The van der Waals surface area contributed by atoms with Crippen molar-refractivity contribution in [2.24, 2.45) is 0 Å². The fourth-order valence-electron chi connectivity index (χ4n) is 2.56. The van der Waals surface area contributed by atoms with Crippen molar-refractivity contribution in [1.29, 1.82) is 0 Å². The zero-order chi connectivity index (χ0) is 20.6. The van der Waals surface area contributed by atoms with Crippen LogP contribution in [0, 0.1) is 0 Å². The molecule has 0 unspecified atom stereocenters. The van der Waals surface area contributed by atoms with Crippen LogP contribution < -0.4 is 20.1 Å². The number of para-hydroxylation sites is 2. The van der Waals surface area contributed by atoms with Crippen molar-refractivity contribution in [3.8, 4) is 11.5 Å². The van der Waals surface area contributed by atoms with Crippen LogP contribution in [0.5, 0.6) is 11.5 Å². The summed E-state index contributed by atoms with van der Waals surface area (Å²) in [4.78, 5) is 24.4. The Kier molecular flexibility index (Phi) is 6.71. The van der Waals surface area contributed by atoms with E-state index < -0.39 is 0 Å². The van der Waals surface area contributed by atoms with Crippen LogP contribution in [0.25, 0.3) is 0 Å². The number of rotatable bonds is 7. The monoisotopic (exact) mass is 410 g/mol. The second-order valence-corrected chi connectivity index (χ2v) is 6.41. The number of amides is 2. The largest absolute Gasteiger partial charge is 0.493 e. The lowest BCUT2D eigenvalue weighted by Gasteiger charge is -2.12. The Labute approximate surface area is 173 Å². The van der Waals surface area contributed by atoms with E-state index in [4.69, 9.17) is 21.1 Å². The van der Waals surface area contributed by atoms with Crippen molar-refractivity contribution in [3.05, 3.63) is 83.4 Å². The van der Waals surface area contributed by atoms with E-state index in [9.17, 15) is 9.59 Å². The third-order valence-corrected chi connectivity index (χ3v) is 4.28. The van der Waals surface area contributed by atoms with Gasteiger partial charge in [-0.25, -0.2) is 0 Å². The highest BCUT2D eigenvalue weighted by Gasteiger charge is 2.11. The Bertz CT molecular complexity index is 1010. The molecule has 0 fully saturated rings. The molecule has 148 valence electrons. The van der Waals surface area contributed by atoms with Gasteiger partial charge in [0.25, 0.3) is 11.8 Å². The number of benzene rings is 3. The summed E-state index contributed by atoms with van der Waals surface area (Å²) in [6.07, 6.45) is 0. The van der Waals surface area contributed by atoms with Crippen LogP contribution in [0.3, 0.4) is 0 Å². The van der Waals surface area contributed by atoms with E-state index in [1.54, 1.807) is 60.7 Å². The maximum Gasteiger partial charge on any atom is 0.262 e. The minimum absolute atomic E-state index is 0.190. The second-order valence-electron chi connectivity index (χ2n) is 6.00. The molecule has 3 aromatic carbocycles. The van der Waals surface area contributed by atoms with Gasteiger partial charge in [-0.05, 0) is 42.5 Å². The van der Waals surface area contributed by atoms with Gasteiger partial charge in [0.05, 0.1) is 17.8 Å². The van der Waals surface area contributed by atoms with Gasteiger partial charge in [0.15, 0.2) is 18.1 Å². The predicted molar refractivity (Wildman–Crippen MR) is 113 cm³/mol. The lowest BCUT2D eigenvalue weighted by atomic mass is 10.2. The molecule has 0 spiro atoms. The Morgan fingerprint density at radius 2 is 1.59 bits per heavy atom. The third kappa shape index (κ3) is 5.49. The van der Waals surface area contributed by atoms with E-state index >= 15 is 0 Å². The van der Waals surface area contributed by atoms with E-state index in [2.05, 4.69) is 10.6 Å². The van der Waals surface area contributed by atoms with Crippen LogP contribution in [-0.4, -0.2) is 25.5 Å². The molecule has 0 saturated heterocycles. The van der Waals surface area contributed by atoms with Gasteiger partial charge in [-0.1, -0.05) is 41.9 Å². The number of hydrogen-bond donors (Lipinski definition) is 2. The lowest BCUT2D eigenvalue weighted by Crippen LogP contribution is -2.20.